The van der Waals surface area contributed by atoms with E-state index in [0.29, 0.717) is 0 Å². The highest BCUT2D eigenvalue weighted by Crippen LogP contribution is 2.36. The zero-order valence-electron chi connectivity index (χ0n) is 18.6. The number of fused-ring (bicyclic) bond motifs is 1. The van der Waals surface area contributed by atoms with Crippen LogP contribution in [0, 0.1) is 0 Å². The molecule has 2 amide bonds. The molecule has 2 aliphatic rings. The van der Waals surface area contributed by atoms with E-state index in [0.717, 1.165) is 0 Å². The second-order valence-electron chi connectivity index (χ2n) is 9.46. The number of carbonyl (C=O) groups is 4. The van der Waals surface area contributed by atoms with Crippen LogP contribution in [0.1, 0.15) is 54.4 Å². The number of nitrogens with one attached hydrogen (secondary N) is 1. The van der Waals surface area contributed by atoms with Crippen LogP contribution in [0.25, 0.3) is 0 Å². The van der Waals surface area contributed by atoms with E-state index in [9.17, 15) is 19.2 Å². The minimum absolute atomic E-state index is 0.199. The summed E-state index contributed by atoms with van der Waals surface area (Å²) in [6, 6.07) is -2.18. The normalized spacial score (nSPS) is 26.2. The van der Waals surface area contributed by atoms with Gasteiger partial charge in [-0.05, 0) is 48.0 Å². The lowest BCUT2D eigenvalue weighted by Gasteiger charge is -2.23. The van der Waals surface area contributed by atoms with E-state index in [1.165, 1.54) is 12.0 Å². The second kappa shape index (κ2) is 8.79. The Hall–Kier alpha value is -2.36. The first-order chi connectivity index (χ1) is 13.7. The number of esters is 2. The van der Waals surface area contributed by atoms with Crippen LogP contribution < -0.4 is 5.32 Å². The van der Waals surface area contributed by atoms with Crippen molar-refractivity contribution in [1.29, 1.82) is 0 Å². The van der Waals surface area contributed by atoms with Gasteiger partial charge in [0.15, 0.2) is 0 Å². The van der Waals surface area contributed by atoms with Crippen LogP contribution in [0.3, 0.4) is 0 Å². The van der Waals surface area contributed by atoms with E-state index >= 15 is 0 Å². The number of amides is 2. The maximum Gasteiger partial charge on any atom is 0.408 e. The molecule has 30 heavy (non-hydrogen) atoms. The Morgan fingerprint density at radius 3 is 2.17 bits per heavy atom. The summed E-state index contributed by atoms with van der Waals surface area (Å²) < 4.78 is 21.0. The van der Waals surface area contributed by atoms with Crippen molar-refractivity contribution in [3.63, 3.8) is 0 Å². The van der Waals surface area contributed by atoms with E-state index in [4.69, 9.17) is 18.9 Å². The molecule has 2 heterocycles. The Balaban J connectivity index is 2.08. The predicted octanol–water partition coefficient (Wildman–Crippen LogP) is 1.15. The fourth-order valence-electron chi connectivity index (χ4n) is 3.65. The first-order valence-corrected chi connectivity index (χ1v) is 9.95. The molecule has 2 saturated heterocycles. The van der Waals surface area contributed by atoms with Gasteiger partial charge in [-0.2, -0.15) is 0 Å². The van der Waals surface area contributed by atoms with Gasteiger partial charge in [0.05, 0.1) is 19.3 Å². The Labute approximate surface area is 176 Å². The van der Waals surface area contributed by atoms with Crippen LogP contribution in [0.2, 0.25) is 0 Å². The molecule has 0 unspecified atom stereocenters. The van der Waals surface area contributed by atoms with Crippen molar-refractivity contribution >= 4 is 23.9 Å². The zero-order chi connectivity index (χ0) is 22.9. The van der Waals surface area contributed by atoms with E-state index in [-0.39, 0.29) is 19.4 Å². The number of methoxy groups -OCH3 is 1. The van der Waals surface area contributed by atoms with Gasteiger partial charge in [0, 0.05) is 6.42 Å². The largest absolute Gasteiger partial charge is 0.467 e. The maximum absolute atomic E-state index is 12.9. The van der Waals surface area contributed by atoms with Crippen LogP contribution in [-0.2, 0) is 33.3 Å². The SMILES string of the molecule is COC(=O)[C@@H]1C[C@@H](OCC(=O)OC(C)(C)C)[C@@H]2C[C@H](NC(=O)OC(C)(C)C)C(=O)N12. The van der Waals surface area contributed by atoms with Crippen LogP contribution in [0.4, 0.5) is 4.79 Å². The molecule has 2 aliphatic heterocycles. The molecule has 0 bridgehead atoms. The van der Waals surface area contributed by atoms with Gasteiger partial charge in [0.25, 0.3) is 0 Å². The molecule has 0 aliphatic carbocycles. The summed E-state index contributed by atoms with van der Waals surface area (Å²) in [4.78, 5) is 50.6. The summed E-state index contributed by atoms with van der Waals surface area (Å²) in [7, 11) is 1.24. The van der Waals surface area contributed by atoms with E-state index in [1.807, 2.05) is 0 Å². The molecule has 10 heteroatoms. The van der Waals surface area contributed by atoms with Crippen molar-refractivity contribution in [1.82, 2.24) is 10.2 Å². The third-order valence-corrected chi connectivity index (χ3v) is 4.61. The molecule has 0 aromatic carbocycles. The lowest BCUT2D eigenvalue weighted by Crippen LogP contribution is -2.47. The van der Waals surface area contributed by atoms with Crippen molar-refractivity contribution in [3.05, 3.63) is 0 Å². The van der Waals surface area contributed by atoms with E-state index in [2.05, 4.69) is 5.32 Å². The molecule has 0 saturated carbocycles. The van der Waals surface area contributed by atoms with Gasteiger partial charge >= 0.3 is 18.0 Å². The van der Waals surface area contributed by atoms with Gasteiger partial charge in [-0.3, -0.25) is 4.79 Å². The molecule has 10 nitrogen and oxygen atoms in total. The Morgan fingerprint density at radius 1 is 1.03 bits per heavy atom. The number of alkyl carbamates (subject to hydrolysis) is 1. The molecule has 0 aromatic heterocycles. The minimum Gasteiger partial charge on any atom is -0.467 e. The van der Waals surface area contributed by atoms with Gasteiger partial charge in [-0.15, -0.1) is 0 Å². The van der Waals surface area contributed by atoms with Gasteiger partial charge in [0.1, 0.15) is 29.9 Å². The standard InChI is InChI=1S/C20H32N2O8/c1-19(2,3)29-15(23)10-28-14-9-13(17(25)27-7)22-12(14)8-11(16(22)24)21-18(26)30-20(4,5)6/h11-14H,8-10H2,1-7H3,(H,21,26)/t11-,12-,13-,14+/m0/s1. The monoisotopic (exact) mass is 428 g/mol. The maximum atomic E-state index is 12.9. The van der Waals surface area contributed by atoms with Gasteiger partial charge in [-0.25, -0.2) is 14.4 Å². The molecule has 170 valence electrons. The third kappa shape index (κ3) is 6.07. The van der Waals surface area contributed by atoms with Crippen LogP contribution in [0.15, 0.2) is 0 Å². The molecule has 0 radical (unpaired) electrons. The first kappa shape index (κ1) is 23.9. The van der Waals surface area contributed by atoms with Gasteiger partial charge < -0.3 is 29.2 Å². The van der Waals surface area contributed by atoms with Crippen molar-refractivity contribution in [2.24, 2.45) is 0 Å². The highest BCUT2D eigenvalue weighted by molar-refractivity contribution is 5.92. The molecule has 0 spiro atoms. The number of nitrogens with zero attached hydrogens (tertiary/aromatic N) is 1. The van der Waals surface area contributed by atoms with Gasteiger partial charge in [0.2, 0.25) is 5.91 Å². The molecular formula is C20H32N2O8. The Bertz CT molecular complexity index is 694. The highest BCUT2D eigenvalue weighted by atomic mass is 16.6. The number of hydrogen-bond donors (Lipinski definition) is 1. The summed E-state index contributed by atoms with van der Waals surface area (Å²) in [6.07, 6.45) is -0.867. The lowest BCUT2D eigenvalue weighted by molar-refractivity contribution is -0.162. The fourth-order valence-corrected chi connectivity index (χ4v) is 3.65. The van der Waals surface area contributed by atoms with Crippen LogP contribution in [-0.4, -0.2) is 78.0 Å². The van der Waals surface area contributed by atoms with Gasteiger partial charge in [-0.1, -0.05) is 0 Å². The summed E-state index contributed by atoms with van der Waals surface area (Å²) in [6.45, 7) is 10.1. The minimum atomic E-state index is -0.857. The van der Waals surface area contributed by atoms with Crippen molar-refractivity contribution < 1.29 is 38.1 Å². The van der Waals surface area contributed by atoms with E-state index in [1.54, 1.807) is 41.5 Å². The fraction of sp³-hybridized carbons (Fsp3) is 0.800. The zero-order valence-corrected chi connectivity index (χ0v) is 18.6. The summed E-state index contributed by atoms with van der Waals surface area (Å²) in [5.41, 5.74) is -1.36. The molecule has 2 rings (SSSR count). The summed E-state index contributed by atoms with van der Waals surface area (Å²) in [5, 5.41) is 2.56. The number of ether oxygens (including phenoxy) is 4. The van der Waals surface area contributed by atoms with Crippen LogP contribution in [0.5, 0.6) is 0 Å². The average molecular weight is 428 g/mol. The number of hydrogen-bond acceptors (Lipinski definition) is 8. The topological polar surface area (TPSA) is 120 Å². The van der Waals surface area contributed by atoms with Crippen molar-refractivity contribution in [2.75, 3.05) is 13.7 Å². The highest BCUT2D eigenvalue weighted by Gasteiger charge is 2.55. The molecule has 2 fully saturated rings. The number of carbonyl (C=O) groups excluding carboxylic acids is 4. The Morgan fingerprint density at radius 2 is 1.63 bits per heavy atom. The molecular weight excluding hydrogens is 396 g/mol. The van der Waals surface area contributed by atoms with E-state index < -0.39 is 59.4 Å². The third-order valence-electron chi connectivity index (χ3n) is 4.61. The predicted molar refractivity (Wildman–Crippen MR) is 104 cm³/mol. The van der Waals surface area contributed by atoms with Crippen LogP contribution >= 0.6 is 0 Å². The van der Waals surface area contributed by atoms with Crippen molar-refractivity contribution in [2.45, 2.75) is 89.8 Å². The smallest absolute Gasteiger partial charge is 0.408 e. The summed E-state index contributed by atoms with van der Waals surface area (Å²) in [5.74, 6) is -1.53. The number of rotatable bonds is 5. The first-order valence-electron chi connectivity index (χ1n) is 9.95. The summed E-state index contributed by atoms with van der Waals surface area (Å²) >= 11 is 0. The average Bonchev–Trinajstić information content (AvgIpc) is 3.07. The second-order valence-corrected chi connectivity index (χ2v) is 9.46. The quantitative estimate of drug-likeness (QED) is 0.511. The Kier molecular flexibility index (Phi) is 7.01. The molecule has 4 atom stereocenters. The lowest BCUT2D eigenvalue weighted by atomic mass is 10.0. The molecule has 0 aromatic rings. The van der Waals surface area contributed by atoms with Crippen molar-refractivity contribution in [3.8, 4) is 0 Å². The molecule has 1 N–H and O–H groups in total.